The fourth-order valence-corrected chi connectivity index (χ4v) is 5.30. The average molecular weight is 387 g/mol. The minimum Gasteiger partial charge on any atom is -0.266 e. The molecule has 0 aromatic heterocycles. The van der Waals surface area contributed by atoms with Crippen LogP contribution >= 0.6 is 11.6 Å². The molecule has 1 heterocycles. The number of primary sulfonamides is 1. The van der Waals surface area contributed by atoms with Gasteiger partial charge in [-0.05, 0) is 54.8 Å². The molecule has 0 saturated carbocycles. The first-order valence-electron chi connectivity index (χ1n) is 7.05. The zero-order valence-corrected chi connectivity index (χ0v) is 15.1. The molecule has 9 heteroatoms. The third kappa shape index (κ3) is 2.90. The van der Waals surface area contributed by atoms with Crippen molar-refractivity contribution >= 4 is 37.3 Å². The number of sulfonamides is 2. The highest BCUT2D eigenvalue weighted by molar-refractivity contribution is 7.93. The molecule has 0 saturated heterocycles. The van der Waals surface area contributed by atoms with Gasteiger partial charge < -0.3 is 0 Å². The summed E-state index contributed by atoms with van der Waals surface area (Å²) in [6.07, 6.45) is 0.414. The Hall–Kier alpha value is -1.61. The lowest BCUT2D eigenvalue weighted by molar-refractivity contribution is 0.591. The van der Waals surface area contributed by atoms with E-state index in [0.29, 0.717) is 28.3 Å². The minimum absolute atomic E-state index is 0.0283. The van der Waals surface area contributed by atoms with Gasteiger partial charge in [0.25, 0.3) is 10.0 Å². The maximum atomic E-state index is 13.0. The van der Waals surface area contributed by atoms with Gasteiger partial charge in [-0.15, -0.1) is 0 Å². The number of anilines is 1. The number of halogens is 1. The molecule has 0 spiro atoms. The van der Waals surface area contributed by atoms with E-state index in [1.165, 1.54) is 28.6 Å². The number of fused-ring (bicyclic) bond motifs is 1. The summed E-state index contributed by atoms with van der Waals surface area (Å²) in [6.45, 7) is 1.93. The molecule has 0 bridgehead atoms. The van der Waals surface area contributed by atoms with Crippen LogP contribution in [0.5, 0.6) is 0 Å². The van der Waals surface area contributed by atoms with E-state index < -0.39 is 20.0 Å². The zero-order valence-electron chi connectivity index (χ0n) is 12.7. The normalized spacial score (nSPS) is 14.7. The molecule has 0 aliphatic carbocycles. The summed E-state index contributed by atoms with van der Waals surface area (Å²) in [7, 11) is -7.61. The maximum Gasteiger partial charge on any atom is 0.264 e. The third-order valence-corrected chi connectivity index (χ3v) is 7.05. The number of hydrogen-bond acceptors (Lipinski definition) is 4. The Morgan fingerprint density at radius 2 is 1.79 bits per heavy atom. The van der Waals surface area contributed by atoms with Crippen LogP contribution in [0.4, 0.5) is 5.69 Å². The van der Waals surface area contributed by atoms with Gasteiger partial charge in [0.1, 0.15) is 0 Å². The fraction of sp³-hybridized carbons (Fsp3) is 0.200. The summed E-state index contributed by atoms with van der Waals surface area (Å²) in [4.78, 5) is 0.109. The number of hydrogen-bond donors (Lipinski definition) is 1. The first-order valence-corrected chi connectivity index (χ1v) is 10.4. The van der Waals surface area contributed by atoms with E-state index in [0.717, 1.165) is 0 Å². The highest BCUT2D eigenvalue weighted by Crippen LogP contribution is 2.35. The summed E-state index contributed by atoms with van der Waals surface area (Å²) in [5, 5.41) is 5.46. The zero-order chi connectivity index (χ0) is 17.7. The SMILES string of the molecule is Cc1ccc(Cl)cc1S(=O)(=O)N1CCc2cc(S(N)(=O)=O)ccc21. The summed E-state index contributed by atoms with van der Waals surface area (Å²) < 4.78 is 50.1. The van der Waals surface area contributed by atoms with Crippen LogP contribution in [-0.4, -0.2) is 23.4 Å². The van der Waals surface area contributed by atoms with Crippen LogP contribution in [0.3, 0.4) is 0 Å². The number of nitrogens with zero attached hydrogens (tertiary/aromatic N) is 1. The highest BCUT2D eigenvalue weighted by atomic mass is 35.5. The van der Waals surface area contributed by atoms with E-state index >= 15 is 0 Å². The molecule has 0 radical (unpaired) electrons. The molecule has 128 valence electrons. The molecule has 3 rings (SSSR count). The molecule has 2 N–H and O–H groups in total. The predicted octanol–water partition coefficient (Wildman–Crippen LogP) is 2.05. The first-order chi connectivity index (χ1) is 11.1. The quantitative estimate of drug-likeness (QED) is 0.872. The number of aryl methyl sites for hydroxylation is 1. The summed E-state index contributed by atoms with van der Waals surface area (Å²) in [6, 6.07) is 8.91. The number of rotatable bonds is 3. The second kappa shape index (κ2) is 5.73. The molecule has 0 atom stereocenters. The predicted molar refractivity (Wildman–Crippen MR) is 92.2 cm³/mol. The maximum absolute atomic E-state index is 13.0. The standard InChI is InChI=1S/C15H15ClN2O4S2/c1-10-2-3-12(16)9-15(10)24(21,22)18-7-6-11-8-13(23(17,19)20)4-5-14(11)18/h2-5,8-9H,6-7H2,1H3,(H2,17,19,20). The molecule has 0 unspecified atom stereocenters. The monoisotopic (exact) mass is 386 g/mol. The van der Waals surface area contributed by atoms with Crippen molar-refractivity contribution < 1.29 is 16.8 Å². The second-order valence-corrected chi connectivity index (χ2v) is 9.40. The first kappa shape index (κ1) is 17.2. The topological polar surface area (TPSA) is 97.5 Å². The van der Waals surface area contributed by atoms with E-state index in [9.17, 15) is 16.8 Å². The molecule has 6 nitrogen and oxygen atoms in total. The van der Waals surface area contributed by atoms with Gasteiger partial charge in [-0.25, -0.2) is 22.0 Å². The molecule has 1 aliphatic rings. The van der Waals surface area contributed by atoms with Gasteiger partial charge in [0.05, 0.1) is 15.5 Å². The van der Waals surface area contributed by atoms with E-state index in [1.807, 2.05) is 0 Å². The van der Waals surface area contributed by atoms with Gasteiger partial charge >= 0.3 is 0 Å². The Morgan fingerprint density at radius 1 is 1.08 bits per heavy atom. The Balaban J connectivity index is 2.09. The van der Waals surface area contributed by atoms with Crippen LogP contribution in [0.15, 0.2) is 46.2 Å². The van der Waals surface area contributed by atoms with Gasteiger partial charge in [0.15, 0.2) is 0 Å². The van der Waals surface area contributed by atoms with E-state index in [4.69, 9.17) is 16.7 Å². The lowest BCUT2D eigenvalue weighted by Crippen LogP contribution is -2.29. The van der Waals surface area contributed by atoms with Crippen molar-refractivity contribution in [2.75, 3.05) is 10.8 Å². The lowest BCUT2D eigenvalue weighted by Gasteiger charge is -2.21. The van der Waals surface area contributed by atoms with Crippen molar-refractivity contribution in [3.05, 3.63) is 52.5 Å². The van der Waals surface area contributed by atoms with Gasteiger partial charge in [0, 0.05) is 11.6 Å². The van der Waals surface area contributed by atoms with Crippen LogP contribution in [0, 0.1) is 6.92 Å². The molecule has 0 fully saturated rings. The largest absolute Gasteiger partial charge is 0.266 e. The Bertz CT molecular complexity index is 1030. The van der Waals surface area contributed by atoms with Crippen LogP contribution in [0.2, 0.25) is 5.02 Å². The Kier molecular flexibility index (Phi) is 4.11. The molecular weight excluding hydrogens is 372 g/mol. The van der Waals surface area contributed by atoms with Crippen molar-refractivity contribution in [1.82, 2.24) is 0 Å². The van der Waals surface area contributed by atoms with Crippen molar-refractivity contribution in [3.63, 3.8) is 0 Å². The molecule has 24 heavy (non-hydrogen) atoms. The van der Waals surface area contributed by atoms with Gasteiger partial charge in [-0.2, -0.15) is 0 Å². The molecular formula is C15H15ClN2O4S2. The van der Waals surface area contributed by atoms with Crippen LogP contribution in [-0.2, 0) is 26.5 Å². The summed E-state index contributed by atoms with van der Waals surface area (Å²) >= 11 is 5.94. The van der Waals surface area contributed by atoms with Crippen molar-refractivity contribution in [2.45, 2.75) is 23.1 Å². The number of nitrogens with two attached hydrogens (primary N) is 1. The number of benzene rings is 2. The fourth-order valence-electron chi connectivity index (χ4n) is 2.75. The van der Waals surface area contributed by atoms with Crippen molar-refractivity contribution in [2.24, 2.45) is 5.14 Å². The van der Waals surface area contributed by atoms with E-state index in [2.05, 4.69) is 0 Å². The summed E-state index contributed by atoms with van der Waals surface area (Å²) in [5.74, 6) is 0. The van der Waals surface area contributed by atoms with Gasteiger partial charge in [-0.3, -0.25) is 4.31 Å². The Labute approximate surface area is 146 Å². The van der Waals surface area contributed by atoms with Crippen molar-refractivity contribution in [1.29, 1.82) is 0 Å². The minimum atomic E-state index is -3.83. The van der Waals surface area contributed by atoms with Crippen LogP contribution < -0.4 is 9.44 Å². The molecule has 2 aromatic rings. The Morgan fingerprint density at radius 3 is 2.46 bits per heavy atom. The van der Waals surface area contributed by atoms with Gasteiger partial charge in [0.2, 0.25) is 10.0 Å². The average Bonchev–Trinajstić information content (AvgIpc) is 2.92. The molecule has 1 aliphatic heterocycles. The second-order valence-electron chi connectivity index (χ2n) is 5.57. The molecule has 0 amide bonds. The van der Waals surface area contributed by atoms with Crippen molar-refractivity contribution in [3.8, 4) is 0 Å². The van der Waals surface area contributed by atoms with E-state index in [-0.39, 0.29) is 16.3 Å². The summed E-state index contributed by atoms with van der Waals surface area (Å²) in [5.41, 5.74) is 1.68. The molecule has 2 aromatic carbocycles. The van der Waals surface area contributed by atoms with E-state index in [1.54, 1.807) is 19.1 Å². The highest BCUT2D eigenvalue weighted by Gasteiger charge is 2.32. The van der Waals surface area contributed by atoms with Gasteiger partial charge in [-0.1, -0.05) is 17.7 Å². The smallest absolute Gasteiger partial charge is 0.264 e. The van der Waals surface area contributed by atoms with Crippen LogP contribution in [0.25, 0.3) is 0 Å². The third-order valence-electron chi connectivity index (χ3n) is 3.95. The lowest BCUT2D eigenvalue weighted by atomic mass is 10.2. The van der Waals surface area contributed by atoms with Crippen LogP contribution in [0.1, 0.15) is 11.1 Å².